The van der Waals surface area contributed by atoms with Gasteiger partial charge in [0.1, 0.15) is 17.7 Å². The van der Waals surface area contributed by atoms with E-state index in [1.807, 2.05) is 36.4 Å². The number of fused-ring (bicyclic) bond motifs is 1. The van der Waals surface area contributed by atoms with Crippen molar-refractivity contribution in [2.24, 2.45) is 5.92 Å². The fraction of sp³-hybridized carbons (Fsp3) is 0.143. The van der Waals surface area contributed by atoms with Gasteiger partial charge in [-0.25, -0.2) is 9.96 Å². The Labute approximate surface area is 155 Å². The van der Waals surface area contributed by atoms with E-state index in [9.17, 15) is 9.59 Å². The second kappa shape index (κ2) is 6.10. The smallest absolute Gasteiger partial charge is 0.266 e. The average molecular weight is 360 g/mol. The average Bonchev–Trinajstić information content (AvgIpc) is 3.41. The van der Waals surface area contributed by atoms with Crippen LogP contribution in [0.5, 0.6) is 0 Å². The molecule has 0 N–H and O–H groups in total. The number of anilines is 2. The Bertz CT molecular complexity index is 972. The molecular weight excluding hydrogens is 344 g/mol. The first-order chi connectivity index (χ1) is 13.3. The number of furan rings is 1. The Hall–Kier alpha value is -3.38. The number of hydroxylamine groups is 1. The molecule has 134 valence electrons. The van der Waals surface area contributed by atoms with Crippen molar-refractivity contribution in [2.45, 2.75) is 12.1 Å². The summed E-state index contributed by atoms with van der Waals surface area (Å²) in [6.45, 7) is 0. The van der Waals surface area contributed by atoms with Gasteiger partial charge in [-0.05, 0) is 36.4 Å². The Kier molecular flexibility index (Phi) is 3.58. The number of amides is 2. The van der Waals surface area contributed by atoms with E-state index in [4.69, 9.17) is 9.25 Å². The summed E-state index contributed by atoms with van der Waals surface area (Å²) >= 11 is 0. The molecule has 0 saturated carbocycles. The second-order valence-electron chi connectivity index (χ2n) is 6.52. The number of imide groups is 1. The number of carbonyl (C=O) groups excluding carboxylic acids is 2. The Morgan fingerprint density at radius 1 is 0.741 bits per heavy atom. The molecule has 2 amide bonds. The molecular formula is C21H16N2O4. The molecule has 6 heteroatoms. The number of para-hydroxylation sites is 2. The van der Waals surface area contributed by atoms with Crippen molar-refractivity contribution in [1.82, 2.24) is 0 Å². The minimum absolute atomic E-state index is 0.281. The summed E-state index contributed by atoms with van der Waals surface area (Å²) in [7, 11) is 0. The molecule has 3 aromatic rings. The summed E-state index contributed by atoms with van der Waals surface area (Å²) in [6, 6.07) is 21.4. The molecule has 0 bridgehead atoms. The van der Waals surface area contributed by atoms with E-state index in [0.717, 1.165) is 5.69 Å². The SMILES string of the molecule is O=C1[C@H]2[C@@H](c3ccco3)N(c3ccccc3)O[C@H]2C(=O)N1c1ccccc1. The third kappa shape index (κ3) is 2.38. The maximum Gasteiger partial charge on any atom is 0.266 e. The predicted molar refractivity (Wildman–Crippen MR) is 97.7 cm³/mol. The number of carbonyl (C=O) groups is 2. The number of nitrogens with zero attached hydrogens (tertiary/aromatic N) is 2. The van der Waals surface area contributed by atoms with Gasteiger partial charge in [0, 0.05) is 0 Å². The van der Waals surface area contributed by atoms with E-state index in [1.54, 1.807) is 47.7 Å². The molecule has 3 atom stereocenters. The van der Waals surface area contributed by atoms with Crippen LogP contribution in [-0.4, -0.2) is 17.9 Å². The fourth-order valence-corrected chi connectivity index (χ4v) is 3.79. The highest BCUT2D eigenvalue weighted by molar-refractivity contribution is 6.23. The van der Waals surface area contributed by atoms with E-state index >= 15 is 0 Å². The van der Waals surface area contributed by atoms with Gasteiger partial charge < -0.3 is 4.42 Å². The summed E-state index contributed by atoms with van der Waals surface area (Å²) in [6.07, 6.45) is 0.676. The summed E-state index contributed by atoms with van der Waals surface area (Å²) in [5.74, 6) is -0.728. The van der Waals surface area contributed by atoms with Crippen LogP contribution in [0.1, 0.15) is 11.8 Å². The van der Waals surface area contributed by atoms with Crippen LogP contribution in [-0.2, 0) is 14.4 Å². The van der Waals surface area contributed by atoms with E-state index in [-0.39, 0.29) is 11.8 Å². The largest absolute Gasteiger partial charge is 0.467 e. The quantitative estimate of drug-likeness (QED) is 0.671. The molecule has 0 radical (unpaired) electrons. The maximum absolute atomic E-state index is 13.2. The van der Waals surface area contributed by atoms with Gasteiger partial charge in [-0.1, -0.05) is 36.4 Å². The molecule has 2 fully saturated rings. The third-order valence-corrected chi connectivity index (χ3v) is 4.98. The van der Waals surface area contributed by atoms with Crippen molar-refractivity contribution in [3.63, 3.8) is 0 Å². The minimum Gasteiger partial charge on any atom is -0.467 e. The van der Waals surface area contributed by atoms with Gasteiger partial charge in [0.2, 0.25) is 5.91 Å². The molecule has 2 aliphatic heterocycles. The normalized spacial score (nSPS) is 24.5. The topological polar surface area (TPSA) is 63.0 Å². The van der Waals surface area contributed by atoms with Crippen LogP contribution < -0.4 is 9.96 Å². The molecule has 0 spiro atoms. The molecule has 2 aliphatic rings. The van der Waals surface area contributed by atoms with Gasteiger partial charge in [0.05, 0.1) is 17.6 Å². The van der Waals surface area contributed by atoms with E-state index in [1.165, 1.54) is 4.90 Å². The van der Waals surface area contributed by atoms with Crippen molar-refractivity contribution in [2.75, 3.05) is 9.96 Å². The molecule has 0 unspecified atom stereocenters. The standard InChI is InChI=1S/C21H16N2O4/c24-20-17-18(16-12-7-13-26-16)23(15-10-5-2-6-11-15)27-19(17)21(25)22(20)14-8-3-1-4-9-14/h1-13,17-19H/t17-,18+,19+/m0/s1. The Morgan fingerprint density at radius 3 is 2.04 bits per heavy atom. The first kappa shape index (κ1) is 15.8. The molecule has 27 heavy (non-hydrogen) atoms. The van der Waals surface area contributed by atoms with Crippen LogP contribution in [0, 0.1) is 5.92 Å². The summed E-state index contributed by atoms with van der Waals surface area (Å²) in [5, 5.41) is 1.62. The monoisotopic (exact) mass is 360 g/mol. The van der Waals surface area contributed by atoms with E-state index < -0.39 is 18.1 Å². The highest BCUT2D eigenvalue weighted by Crippen LogP contribution is 2.47. The lowest BCUT2D eigenvalue weighted by molar-refractivity contribution is -0.126. The molecule has 2 saturated heterocycles. The minimum atomic E-state index is -0.881. The zero-order valence-corrected chi connectivity index (χ0v) is 14.3. The van der Waals surface area contributed by atoms with Crippen LogP contribution in [0.4, 0.5) is 11.4 Å². The highest BCUT2D eigenvalue weighted by Gasteiger charge is 2.61. The van der Waals surface area contributed by atoms with Crippen molar-refractivity contribution < 1.29 is 18.8 Å². The highest BCUT2D eigenvalue weighted by atomic mass is 16.7. The van der Waals surface area contributed by atoms with Gasteiger partial charge in [0.15, 0.2) is 6.10 Å². The van der Waals surface area contributed by atoms with Gasteiger partial charge in [-0.3, -0.25) is 14.4 Å². The van der Waals surface area contributed by atoms with E-state index in [0.29, 0.717) is 11.4 Å². The summed E-state index contributed by atoms with van der Waals surface area (Å²) < 4.78 is 5.60. The Balaban J connectivity index is 1.58. The first-order valence-corrected chi connectivity index (χ1v) is 8.73. The van der Waals surface area contributed by atoms with Crippen molar-refractivity contribution in [3.05, 3.63) is 84.8 Å². The molecule has 3 heterocycles. The van der Waals surface area contributed by atoms with Crippen molar-refractivity contribution in [1.29, 1.82) is 0 Å². The lowest BCUT2D eigenvalue weighted by Crippen LogP contribution is -2.37. The zero-order chi connectivity index (χ0) is 18.4. The van der Waals surface area contributed by atoms with Crippen molar-refractivity contribution in [3.8, 4) is 0 Å². The lowest BCUT2D eigenvalue weighted by atomic mass is 9.94. The number of hydrogen-bond donors (Lipinski definition) is 0. The molecule has 6 nitrogen and oxygen atoms in total. The Morgan fingerprint density at radius 2 is 1.41 bits per heavy atom. The van der Waals surface area contributed by atoms with Crippen LogP contribution in [0.2, 0.25) is 0 Å². The first-order valence-electron chi connectivity index (χ1n) is 8.73. The molecule has 1 aromatic heterocycles. The molecule has 2 aromatic carbocycles. The van der Waals surface area contributed by atoms with Crippen molar-refractivity contribution >= 4 is 23.2 Å². The zero-order valence-electron chi connectivity index (χ0n) is 14.3. The second-order valence-corrected chi connectivity index (χ2v) is 6.52. The van der Waals surface area contributed by atoms with Gasteiger partial charge in [-0.15, -0.1) is 0 Å². The third-order valence-electron chi connectivity index (χ3n) is 4.98. The lowest BCUT2D eigenvalue weighted by Gasteiger charge is -2.27. The number of benzene rings is 2. The number of rotatable bonds is 3. The maximum atomic E-state index is 13.2. The van der Waals surface area contributed by atoms with Crippen LogP contribution in [0.15, 0.2) is 83.5 Å². The fourth-order valence-electron chi connectivity index (χ4n) is 3.79. The summed E-state index contributed by atoms with van der Waals surface area (Å²) in [4.78, 5) is 33.5. The molecule has 0 aliphatic carbocycles. The predicted octanol–water partition coefficient (Wildman–Crippen LogP) is 3.33. The summed E-state index contributed by atoms with van der Waals surface area (Å²) in [5.41, 5.74) is 1.31. The molecule has 5 rings (SSSR count). The number of hydrogen-bond acceptors (Lipinski definition) is 5. The van der Waals surface area contributed by atoms with E-state index in [2.05, 4.69) is 0 Å². The van der Waals surface area contributed by atoms with Gasteiger partial charge >= 0.3 is 0 Å². The van der Waals surface area contributed by atoms with Crippen LogP contribution in [0.3, 0.4) is 0 Å². The van der Waals surface area contributed by atoms with Crippen LogP contribution in [0.25, 0.3) is 0 Å². The van der Waals surface area contributed by atoms with Crippen LogP contribution >= 0.6 is 0 Å². The van der Waals surface area contributed by atoms with Gasteiger partial charge in [-0.2, -0.15) is 0 Å². The van der Waals surface area contributed by atoms with Gasteiger partial charge in [0.25, 0.3) is 5.91 Å².